The summed E-state index contributed by atoms with van der Waals surface area (Å²) in [6.07, 6.45) is 1.50. The van der Waals surface area contributed by atoms with Crippen molar-refractivity contribution in [3.05, 3.63) is 0 Å². The van der Waals surface area contributed by atoms with Crippen molar-refractivity contribution in [3.63, 3.8) is 0 Å². The minimum Gasteiger partial charge on any atom is -0.480 e. The van der Waals surface area contributed by atoms with Crippen LogP contribution < -0.4 is 5.73 Å². The molecule has 1 aliphatic rings. The molecule has 1 fully saturated rings. The maximum atomic E-state index is 11.2. The number of hydrogen-bond donors (Lipinski definition) is 2. The van der Waals surface area contributed by atoms with Crippen molar-refractivity contribution in [1.82, 2.24) is 0 Å². The number of carboxylic acids is 1. The highest BCUT2D eigenvalue weighted by Crippen LogP contribution is 2.31. The zero-order chi connectivity index (χ0) is 10.8. The molecule has 82 valence electrons. The lowest BCUT2D eigenvalue weighted by atomic mass is 9.72. The van der Waals surface area contributed by atoms with Gasteiger partial charge in [0.1, 0.15) is 5.54 Å². The molecule has 1 rings (SSSR count). The van der Waals surface area contributed by atoms with Gasteiger partial charge in [0.05, 0.1) is 0 Å². The standard InChI is InChI=1S/C10H19NO3/c1-7(2)10(11,9(12)13)8-3-5-14-6-4-8/h7-8H,3-6,11H2,1-2H3,(H,12,13). The molecule has 0 aromatic rings. The topological polar surface area (TPSA) is 72.6 Å². The summed E-state index contributed by atoms with van der Waals surface area (Å²) in [7, 11) is 0. The van der Waals surface area contributed by atoms with Gasteiger partial charge in [-0.25, -0.2) is 0 Å². The average Bonchev–Trinajstić information content (AvgIpc) is 2.17. The lowest BCUT2D eigenvalue weighted by Crippen LogP contribution is -2.59. The van der Waals surface area contributed by atoms with Gasteiger partial charge >= 0.3 is 5.97 Å². The van der Waals surface area contributed by atoms with E-state index in [2.05, 4.69) is 0 Å². The lowest BCUT2D eigenvalue weighted by molar-refractivity contribution is -0.149. The minimum absolute atomic E-state index is 0.0359. The molecule has 3 N–H and O–H groups in total. The van der Waals surface area contributed by atoms with E-state index < -0.39 is 11.5 Å². The van der Waals surface area contributed by atoms with E-state index in [4.69, 9.17) is 10.5 Å². The van der Waals surface area contributed by atoms with E-state index in [1.165, 1.54) is 0 Å². The van der Waals surface area contributed by atoms with Gasteiger partial charge in [-0.2, -0.15) is 0 Å². The first-order valence-electron chi connectivity index (χ1n) is 5.09. The van der Waals surface area contributed by atoms with Crippen molar-refractivity contribution in [1.29, 1.82) is 0 Å². The van der Waals surface area contributed by atoms with Crippen LogP contribution in [0.4, 0.5) is 0 Å². The van der Waals surface area contributed by atoms with Crippen molar-refractivity contribution >= 4 is 5.97 Å². The Labute approximate surface area is 84.4 Å². The van der Waals surface area contributed by atoms with Gasteiger partial charge in [0.15, 0.2) is 0 Å². The van der Waals surface area contributed by atoms with E-state index in [1.54, 1.807) is 0 Å². The Morgan fingerprint density at radius 2 is 2.00 bits per heavy atom. The van der Waals surface area contributed by atoms with E-state index in [9.17, 15) is 9.90 Å². The van der Waals surface area contributed by atoms with Crippen LogP contribution in [0.5, 0.6) is 0 Å². The van der Waals surface area contributed by atoms with Crippen LogP contribution in [0.15, 0.2) is 0 Å². The van der Waals surface area contributed by atoms with Crippen molar-refractivity contribution < 1.29 is 14.6 Å². The predicted octanol–water partition coefficient (Wildman–Crippen LogP) is 0.851. The van der Waals surface area contributed by atoms with Gasteiger partial charge in [0.25, 0.3) is 0 Å². The van der Waals surface area contributed by atoms with Crippen LogP contribution in [-0.2, 0) is 9.53 Å². The summed E-state index contributed by atoms with van der Waals surface area (Å²) in [6.45, 7) is 4.99. The molecule has 1 heterocycles. The number of rotatable bonds is 3. The molecule has 0 bridgehead atoms. The average molecular weight is 201 g/mol. The molecule has 1 atom stereocenters. The summed E-state index contributed by atoms with van der Waals surface area (Å²) >= 11 is 0. The molecule has 0 radical (unpaired) electrons. The van der Waals surface area contributed by atoms with Crippen LogP contribution in [0.3, 0.4) is 0 Å². The third-order valence-corrected chi connectivity index (χ3v) is 3.22. The number of aliphatic carboxylic acids is 1. The fourth-order valence-electron chi connectivity index (χ4n) is 2.07. The van der Waals surface area contributed by atoms with Gasteiger partial charge in [-0.15, -0.1) is 0 Å². The fraction of sp³-hybridized carbons (Fsp3) is 0.900. The van der Waals surface area contributed by atoms with Gasteiger partial charge in [-0.05, 0) is 24.7 Å². The Morgan fingerprint density at radius 1 is 1.50 bits per heavy atom. The summed E-state index contributed by atoms with van der Waals surface area (Å²) in [5, 5.41) is 9.19. The molecule has 1 saturated heterocycles. The summed E-state index contributed by atoms with van der Waals surface area (Å²) < 4.78 is 5.21. The summed E-state index contributed by atoms with van der Waals surface area (Å²) in [4.78, 5) is 11.2. The molecule has 0 spiro atoms. The molecule has 0 aromatic heterocycles. The van der Waals surface area contributed by atoms with E-state index in [1.807, 2.05) is 13.8 Å². The van der Waals surface area contributed by atoms with Gasteiger partial charge in [-0.3, -0.25) is 4.79 Å². The van der Waals surface area contributed by atoms with Gasteiger partial charge < -0.3 is 15.6 Å². The van der Waals surface area contributed by atoms with Crippen LogP contribution in [0.25, 0.3) is 0 Å². The summed E-state index contributed by atoms with van der Waals surface area (Å²) in [5.74, 6) is -0.906. The molecule has 14 heavy (non-hydrogen) atoms. The maximum absolute atomic E-state index is 11.2. The zero-order valence-corrected chi connectivity index (χ0v) is 8.82. The number of nitrogens with two attached hydrogens (primary N) is 1. The van der Waals surface area contributed by atoms with Crippen molar-refractivity contribution in [2.75, 3.05) is 13.2 Å². The van der Waals surface area contributed by atoms with Gasteiger partial charge in [0.2, 0.25) is 0 Å². The Balaban J connectivity index is 2.80. The quantitative estimate of drug-likeness (QED) is 0.710. The predicted molar refractivity (Wildman–Crippen MR) is 52.9 cm³/mol. The first kappa shape index (κ1) is 11.5. The first-order chi connectivity index (χ1) is 6.49. The highest BCUT2D eigenvalue weighted by molar-refractivity contribution is 5.79. The van der Waals surface area contributed by atoms with E-state index in [0.29, 0.717) is 13.2 Å². The maximum Gasteiger partial charge on any atom is 0.324 e. The van der Waals surface area contributed by atoms with Crippen LogP contribution in [0.2, 0.25) is 0 Å². The molecular weight excluding hydrogens is 182 g/mol. The van der Waals surface area contributed by atoms with Crippen molar-refractivity contribution in [2.24, 2.45) is 17.6 Å². The molecule has 0 amide bonds. The molecule has 4 heteroatoms. The fourth-order valence-corrected chi connectivity index (χ4v) is 2.07. The smallest absolute Gasteiger partial charge is 0.324 e. The van der Waals surface area contributed by atoms with E-state index in [0.717, 1.165) is 12.8 Å². The number of carbonyl (C=O) groups is 1. The Bertz CT molecular complexity index is 211. The second-order valence-corrected chi connectivity index (χ2v) is 4.28. The van der Waals surface area contributed by atoms with Gasteiger partial charge in [-0.1, -0.05) is 13.8 Å². The SMILES string of the molecule is CC(C)C(N)(C(=O)O)C1CCOCC1. The number of hydrogen-bond acceptors (Lipinski definition) is 3. The molecule has 1 aliphatic heterocycles. The van der Waals surface area contributed by atoms with E-state index in [-0.39, 0.29) is 11.8 Å². The third kappa shape index (κ3) is 1.91. The highest BCUT2D eigenvalue weighted by atomic mass is 16.5. The first-order valence-corrected chi connectivity index (χ1v) is 5.09. The molecule has 0 saturated carbocycles. The van der Waals surface area contributed by atoms with E-state index >= 15 is 0 Å². The normalized spacial score (nSPS) is 23.4. The van der Waals surface area contributed by atoms with Crippen LogP contribution in [0, 0.1) is 11.8 Å². The number of carboxylic acid groups (broad SMARTS) is 1. The molecular formula is C10H19NO3. The Kier molecular flexibility index (Phi) is 3.50. The molecule has 0 aliphatic carbocycles. The second kappa shape index (κ2) is 4.28. The van der Waals surface area contributed by atoms with Crippen LogP contribution in [-0.4, -0.2) is 29.8 Å². The Morgan fingerprint density at radius 3 is 2.36 bits per heavy atom. The molecule has 4 nitrogen and oxygen atoms in total. The summed E-state index contributed by atoms with van der Waals surface area (Å²) in [6, 6.07) is 0. The van der Waals surface area contributed by atoms with Crippen LogP contribution in [0.1, 0.15) is 26.7 Å². The largest absolute Gasteiger partial charge is 0.480 e. The zero-order valence-electron chi connectivity index (χ0n) is 8.82. The van der Waals surface area contributed by atoms with Crippen LogP contribution >= 0.6 is 0 Å². The third-order valence-electron chi connectivity index (χ3n) is 3.22. The summed E-state index contributed by atoms with van der Waals surface area (Å²) in [5.41, 5.74) is 4.91. The monoisotopic (exact) mass is 201 g/mol. The number of ether oxygens (including phenoxy) is 1. The molecule has 1 unspecified atom stereocenters. The Hall–Kier alpha value is -0.610. The molecule has 0 aromatic carbocycles. The second-order valence-electron chi connectivity index (χ2n) is 4.28. The van der Waals surface area contributed by atoms with Crippen molar-refractivity contribution in [3.8, 4) is 0 Å². The van der Waals surface area contributed by atoms with Crippen molar-refractivity contribution in [2.45, 2.75) is 32.2 Å². The highest BCUT2D eigenvalue weighted by Gasteiger charge is 2.45. The van der Waals surface area contributed by atoms with Gasteiger partial charge in [0, 0.05) is 13.2 Å². The minimum atomic E-state index is -1.09. The lowest BCUT2D eigenvalue weighted by Gasteiger charge is -2.39.